The Hall–Kier alpha value is -0.530. The van der Waals surface area contributed by atoms with Gasteiger partial charge in [0.25, 0.3) is 0 Å². The molecule has 0 aromatic heterocycles. The maximum atomic E-state index is 10.7. The fourth-order valence-electron chi connectivity index (χ4n) is 7.09. The van der Waals surface area contributed by atoms with Crippen molar-refractivity contribution < 1.29 is 4.79 Å². The number of unbranched alkanes of at least 4 members (excludes halogenated alkanes) is 39. The van der Waals surface area contributed by atoms with Gasteiger partial charge in [-0.2, -0.15) is 0 Å². The quantitative estimate of drug-likeness (QED) is 0.0669. The van der Waals surface area contributed by atoms with Gasteiger partial charge in [0.15, 0.2) is 0 Å². The predicted molar refractivity (Wildman–Crippen MR) is 204 cm³/mol. The van der Waals surface area contributed by atoms with E-state index in [-0.39, 0.29) is 5.91 Å². The van der Waals surface area contributed by atoms with Crippen LogP contribution >= 0.6 is 0 Å². The fourth-order valence-corrected chi connectivity index (χ4v) is 7.09. The smallest absolute Gasteiger partial charge is 0.217 e. The van der Waals surface area contributed by atoms with Crippen LogP contribution in [0.5, 0.6) is 0 Å². The summed E-state index contributed by atoms with van der Waals surface area (Å²) in [4.78, 5) is 10.7. The van der Waals surface area contributed by atoms with Crippen molar-refractivity contribution in [3.8, 4) is 0 Å². The molecule has 0 aromatic carbocycles. The molecule has 2 nitrogen and oxygen atoms in total. The molecule has 0 heterocycles. The summed E-state index contributed by atoms with van der Waals surface area (Å²) >= 11 is 0. The van der Waals surface area contributed by atoms with Gasteiger partial charge in [-0.05, 0) is 6.42 Å². The zero-order valence-electron chi connectivity index (χ0n) is 31.5. The van der Waals surface area contributed by atoms with Gasteiger partial charge in [0.2, 0.25) is 5.91 Å². The van der Waals surface area contributed by atoms with Crippen LogP contribution in [-0.2, 0) is 4.79 Å². The minimum atomic E-state index is -0.147. The molecule has 0 spiro atoms. The Morgan fingerprint density at radius 3 is 0.533 bits per heavy atom. The van der Waals surface area contributed by atoms with Crippen LogP contribution in [-0.4, -0.2) is 5.91 Å². The summed E-state index contributed by atoms with van der Waals surface area (Å²) in [5.41, 5.74) is 5.18. The van der Waals surface area contributed by atoms with Crippen molar-refractivity contribution in [3.63, 3.8) is 0 Å². The highest BCUT2D eigenvalue weighted by Gasteiger charge is 1.98. The van der Waals surface area contributed by atoms with Gasteiger partial charge >= 0.3 is 0 Å². The second-order valence-corrected chi connectivity index (χ2v) is 15.0. The van der Waals surface area contributed by atoms with Gasteiger partial charge in [-0.25, -0.2) is 0 Å². The molecule has 0 atom stereocenters. The third kappa shape index (κ3) is 43.5. The van der Waals surface area contributed by atoms with E-state index in [9.17, 15) is 4.79 Å². The Bertz CT molecular complexity index is 532. The third-order valence-corrected chi connectivity index (χ3v) is 10.3. The van der Waals surface area contributed by atoms with Crippen LogP contribution in [0.2, 0.25) is 0 Å². The molecule has 0 aliphatic carbocycles. The van der Waals surface area contributed by atoms with Crippen molar-refractivity contribution in [2.75, 3.05) is 0 Å². The highest BCUT2D eigenvalue weighted by Crippen LogP contribution is 2.17. The topological polar surface area (TPSA) is 43.1 Å². The Labute approximate surface area is 286 Å². The first-order valence-corrected chi connectivity index (χ1v) is 21.6. The summed E-state index contributed by atoms with van der Waals surface area (Å²) < 4.78 is 0. The highest BCUT2D eigenvalue weighted by molar-refractivity contribution is 5.73. The van der Waals surface area contributed by atoms with Gasteiger partial charge in [-0.1, -0.05) is 257 Å². The summed E-state index contributed by atoms with van der Waals surface area (Å²) in [5.74, 6) is -0.147. The Kier molecular flexibility index (Phi) is 41.0. The molecule has 2 heteroatoms. The lowest BCUT2D eigenvalue weighted by atomic mass is 10.0. The van der Waals surface area contributed by atoms with Gasteiger partial charge < -0.3 is 5.73 Å². The van der Waals surface area contributed by atoms with E-state index >= 15 is 0 Å². The lowest BCUT2D eigenvalue weighted by Gasteiger charge is -2.05. The number of carbonyl (C=O) groups excluding carboxylic acids is 1. The molecule has 1 amide bonds. The van der Waals surface area contributed by atoms with E-state index in [0.717, 1.165) is 6.42 Å². The number of nitrogens with two attached hydrogens (primary N) is 1. The number of hydrogen-bond donors (Lipinski definition) is 1. The van der Waals surface area contributed by atoms with E-state index in [1.54, 1.807) is 0 Å². The first kappa shape index (κ1) is 44.5. The summed E-state index contributed by atoms with van der Waals surface area (Å²) in [6, 6.07) is 0. The maximum absolute atomic E-state index is 10.7. The first-order chi connectivity index (χ1) is 22.3. The molecule has 0 saturated carbocycles. The van der Waals surface area contributed by atoms with Crippen molar-refractivity contribution in [3.05, 3.63) is 0 Å². The molecule has 0 radical (unpaired) electrons. The van der Waals surface area contributed by atoms with E-state index in [2.05, 4.69) is 6.92 Å². The monoisotopic (exact) mass is 634 g/mol. The van der Waals surface area contributed by atoms with Crippen LogP contribution in [0, 0.1) is 0 Å². The van der Waals surface area contributed by atoms with Crippen molar-refractivity contribution >= 4 is 5.91 Å². The highest BCUT2D eigenvalue weighted by atomic mass is 16.1. The van der Waals surface area contributed by atoms with Crippen molar-refractivity contribution in [2.45, 2.75) is 270 Å². The lowest BCUT2D eigenvalue weighted by molar-refractivity contribution is -0.118. The van der Waals surface area contributed by atoms with Gasteiger partial charge in [-0.3, -0.25) is 4.79 Å². The van der Waals surface area contributed by atoms with Crippen LogP contribution < -0.4 is 5.73 Å². The number of carbonyl (C=O) groups is 1. The number of amides is 1. The zero-order chi connectivity index (χ0) is 32.6. The number of rotatable bonds is 41. The van der Waals surface area contributed by atoms with E-state index in [0.29, 0.717) is 6.42 Å². The molecular weight excluding hydrogens is 546 g/mol. The van der Waals surface area contributed by atoms with Crippen LogP contribution in [0.3, 0.4) is 0 Å². The SMILES string of the molecule is CCCCCCCCCCCCCCCCCCCCCCCCCCCCCCCCCCCCCCCCCCC(N)=O. The summed E-state index contributed by atoms with van der Waals surface area (Å²) in [7, 11) is 0. The maximum Gasteiger partial charge on any atom is 0.217 e. The summed E-state index contributed by atoms with van der Waals surface area (Å²) in [6.45, 7) is 2.31. The normalized spacial score (nSPS) is 11.5. The van der Waals surface area contributed by atoms with E-state index < -0.39 is 0 Å². The molecule has 270 valence electrons. The molecule has 2 N–H and O–H groups in total. The van der Waals surface area contributed by atoms with Gasteiger partial charge in [0.05, 0.1) is 0 Å². The van der Waals surface area contributed by atoms with Crippen LogP contribution in [0.25, 0.3) is 0 Å². The predicted octanol–water partition coefficient (Wildman–Crippen LogP) is 15.5. The number of hydrogen-bond acceptors (Lipinski definition) is 1. The largest absolute Gasteiger partial charge is 0.370 e. The molecule has 0 aliphatic heterocycles. The summed E-state index contributed by atoms with van der Waals surface area (Å²) in [5, 5.41) is 0. The lowest BCUT2D eigenvalue weighted by Crippen LogP contribution is -2.09. The minimum absolute atomic E-state index is 0.147. The molecule has 0 fully saturated rings. The van der Waals surface area contributed by atoms with Crippen molar-refractivity contribution in [2.24, 2.45) is 5.73 Å². The number of primary amides is 1. The van der Waals surface area contributed by atoms with E-state index in [1.807, 2.05) is 0 Å². The first-order valence-electron chi connectivity index (χ1n) is 21.6. The average Bonchev–Trinajstić information content (AvgIpc) is 3.03. The molecular formula is C43H87NO. The molecule has 0 saturated heterocycles. The Balaban J connectivity index is 3.04. The van der Waals surface area contributed by atoms with E-state index in [4.69, 9.17) is 5.73 Å². The Morgan fingerprint density at radius 1 is 0.267 bits per heavy atom. The second kappa shape index (κ2) is 41.5. The standard InChI is InChI=1S/C43H87NO/c1-2-3-4-5-6-7-8-9-10-11-12-13-14-15-16-17-18-19-20-21-22-23-24-25-26-27-28-29-30-31-32-33-34-35-36-37-38-39-40-41-42-43(44)45/h2-42H2,1H3,(H2,44,45). The fraction of sp³-hybridized carbons (Fsp3) is 0.977. The van der Waals surface area contributed by atoms with Crippen molar-refractivity contribution in [1.82, 2.24) is 0 Å². The minimum Gasteiger partial charge on any atom is -0.370 e. The van der Waals surface area contributed by atoms with Crippen LogP contribution in [0.4, 0.5) is 0 Å². The molecule has 0 unspecified atom stereocenters. The third-order valence-electron chi connectivity index (χ3n) is 10.3. The van der Waals surface area contributed by atoms with Gasteiger partial charge in [0, 0.05) is 6.42 Å². The molecule has 0 rings (SSSR count). The zero-order valence-corrected chi connectivity index (χ0v) is 31.5. The molecule has 0 bridgehead atoms. The van der Waals surface area contributed by atoms with Crippen LogP contribution in [0.15, 0.2) is 0 Å². The summed E-state index contributed by atoms with van der Waals surface area (Å²) in [6.07, 6.45) is 58.1. The average molecular weight is 634 g/mol. The molecule has 0 aromatic rings. The molecule has 0 aliphatic rings. The second-order valence-electron chi connectivity index (χ2n) is 15.0. The van der Waals surface area contributed by atoms with E-state index in [1.165, 1.54) is 250 Å². The van der Waals surface area contributed by atoms with Crippen LogP contribution in [0.1, 0.15) is 270 Å². The Morgan fingerprint density at radius 2 is 0.400 bits per heavy atom. The molecule has 45 heavy (non-hydrogen) atoms. The van der Waals surface area contributed by atoms with Gasteiger partial charge in [0.1, 0.15) is 0 Å². The van der Waals surface area contributed by atoms with Crippen molar-refractivity contribution in [1.29, 1.82) is 0 Å². The van der Waals surface area contributed by atoms with Gasteiger partial charge in [-0.15, -0.1) is 0 Å².